The van der Waals surface area contributed by atoms with Gasteiger partial charge >= 0.3 is 0 Å². The van der Waals surface area contributed by atoms with Gasteiger partial charge in [-0.25, -0.2) is 0 Å². The van der Waals surface area contributed by atoms with Crippen LogP contribution in [0.3, 0.4) is 0 Å². The third-order valence-corrected chi connectivity index (χ3v) is 4.25. The highest BCUT2D eigenvalue weighted by Crippen LogP contribution is 2.27. The first-order valence-corrected chi connectivity index (χ1v) is 7.02. The number of fused-ring (bicyclic) bond motifs is 1. The summed E-state index contributed by atoms with van der Waals surface area (Å²) in [4.78, 5) is 14.4. The van der Waals surface area contributed by atoms with Crippen LogP contribution in [0.4, 0.5) is 5.69 Å². The van der Waals surface area contributed by atoms with E-state index in [-0.39, 0.29) is 18.6 Å². The Labute approximate surface area is 113 Å². The zero-order valence-corrected chi connectivity index (χ0v) is 11.0. The highest BCUT2D eigenvalue weighted by atomic mass is 16.3. The summed E-state index contributed by atoms with van der Waals surface area (Å²) in [5.74, 6) is 0.574. The number of hydrogen-bond donors (Lipinski definition) is 2. The van der Waals surface area contributed by atoms with Gasteiger partial charge < -0.3 is 15.3 Å². The molecule has 0 aromatic heterocycles. The first-order chi connectivity index (χ1) is 9.28. The molecule has 1 atom stereocenters. The number of piperidine rings is 1. The van der Waals surface area contributed by atoms with E-state index in [0.717, 1.165) is 38.0 Å². The highest BCUT2D eigenvalue weighted by molar-refractivity contribution is 5.87. The zero-order valence-electron chi connectivity index (χ0n) is 11.0. The van der Waals surface area contributed by atoms with Crippen molar-refractivity contribution in [1.29, 1.82) is 0 Å². The molecule has 0 unspecified atom stereocenters. The first kappa shape index (κ1) is 12.5. The molecule has 2 heterocycles. The smallest absolute Gasteiger partial charge is 0.245 e. The number of carbonyl (C=O) groups excluding carboxylic acids is 1. The lowest BCUT2D eigenvalue weighted by atomic mass is 9.97. The van der Waals surface area contributed by atoms with Gasteiger partial charge in [0.25, 0.3) is 0 Å². The molecular weight excluding hydrogens is 240 g/mol. The number of aliphatic hydroxyl groups is 1. The van der Waals surface area contributed by atoms with E-state index in [2.05, 4.69) is 11.4 Å². The van der Waals surface area contributed by atoms with E-state index in [9.17, 15) is 4.79 Å². The van der Waals surface area contributed by atoms with Crippen LogP contribution < -0.4 is 5.32 Å². The van der Waals surface area contributed by atoms with E-state index in [1.54, 1.807) is 0 Å². The van der Waals surface area contributed by atoms with Gasteiger partial charge in [0.15, 0.2) is 0 Å². The van der Waals surface area contributed by atoms with Crippen LogP contribution in [0.15, 0.2) is 24.3 Å². The van der Waals surface area contributed by atoms with Crippen molar-refractivity contribution in [2.45, 2.75) is 25.3 Å². The maximum absolute atomic E-state index is 12.5. The van der Waals surface area contributed by atoms with Crippen molar-refractivity contribution in [2.75, 3.05) is 25.0 Å². The monoisotopic (exact) mass is 260 g/mol. The van der Waals surface area contributed by atoms with E-state index in [4.69, 9.17) is 5.11 Å². The number of carbonyl (C=O) groups is 1. The Morgan fingerprint density at radius 2 is 2.05 bits per heavy atom. The predicted molar refractivity (Wildman–Crippen MR) is 73.9 cm³/mol. The van der Waals surface area contributed by atoms with Crippen LogP contribution in [-0.4, -0.2) is 41.7 Å². The van der Waals surface area contributed by atoms with Crippen LogP contribution in [0.25, 0.3) is 0 Å². The third kappa shape index (κ3) is 2.45. The van der Waals surface area contributed by atoms with Gasteiger partial charge in [0.2, 0.25) is 5.91 Å². The lowest BCUT2D eigenvalue weighted by Crippen LogP contribution is -2.46. The molecule has 19 heavy (non-hydrogen) atoms. The molecule has 2 N–H and O–H groups in total. The van der Waals surface area contributed by atoms with Gasteiger partial charge in [0.1, 0.15) is 6.04 Å². The van der Waals surface area contributed by atoms with Gasteiger partial charge in [-0.2, -0.15) is 0 Å². The second-order valence-corrected chi connectivity index (χ2v) is 5.51. The molecule has 0 spiro atoms. The average molecular weight is 260 g/mol. The molecule has 0 aliphatic carbocycles. The quantitative estimate of drug-likeness (QED) is 0.841. The van der Waals surface area contributed by atoms with Crippen LogP contribution in [-0.2, 0) is 11.2 Å². The van der Waals surface area contributed by atoms with Crippen LogP contribution >= 0.6 is 0 Å². The minimum atomic E-state index is -0.108. The maximum Gasteiger partial charge on any atom is 0.245 e. The van der Waals surface area contributed by atoms with Gasteiger partial charge in [-0.05, 0) is 30.4 Å². The number of aliphatic hydroxyl groups excluding tert-OH is 1. The fourth-order valence-electron chi connectivity index (χ4n) is 3.00. The summed E-state index contributed by atoms with van der Waals surface area (Å²) in [6.45, 7) is 1.80. The Kier molecular flexibility index (Phi) is 3.42. The molecule has 0 saturated carbocycles. The lowest BCUT2D eigenvalue weighted by molar-refractivity contribution is -0.133. The zero-order chi connectivity index (χ0) is 13.2. The fourth-order valence-corrected chi connectivity index (χ4v) is 3.00. The summed E-state index contributed by atoms with van der Waals surface area (Å²) < 4.78 is 0. The molecule has 1 amide bonds. The number of nitrogens with zero attached hydrogens (tertiary/aromatic N) is 1. The number of amides is 1. The van der Waals surface area contributed by atoms with Crippen molar-refractivity contribution >= 4 is 11.6 Å². The maximum atomic E-state index is 12.5. The summed E-state index contributed by atoms with van der Waals surface area (Å²) in [6, 6.07) is 8.00. The van der Waals surface area contributed by atoms with Crippen molar-refractivity contribution in [3.63, 3.8) is 0 Å². The average Bonchev–Trinajstić information content (AvgIpc) is 2.90. The van der Waals surface area contributed by atoms with Crippen LogP contribution in [0, 0.1) is 5.92 Å². The Balaban J connectivity index is 1.61. The SMILES string of the molecule is O=C([C@@H]1Cc2ccccc2N1)N1CCC(CO)CC1. The highest BCUT2D eigenvalue weighted by Gasteiger charge is 2.31. The molecular formula is C15H20N2O2. The van der Waals surface area contributed by atoms with E-state index < -0.39 is 0 Å². The van der Waals surface area contributed by atoms with Crippen molar-refractivity contribution < 1.29 is 9.90 Å². The number of likely N-dealkylation sites (tertiary alicyclic amines) is 1. The number of nitrogens with one attached hydrogen (secondary N) is 1. The van der Waals surface area contributed by atoms with E-state index in [1.165, 1.54) is 5.56 Å². The van der Waals surface area contributed by atoms with E-state index in [1.807, 2.05) is 23.1 Å². The molecule has 2 aliphatic heterocycles. The molecule has 0 radical (unpaired) electrons. The van der Waals surface area contributed by atoms with Crippen molar-refractivity contribution in [2.24, 2.45) is 5.92 Å². The molecule has 1 aromatic carbocycles. The Bertz CT molecular complexity index is 442. The van der Waals surface area contributed by atoms with Crippen LogP contribution in [0.5, 0.6) is 0 Å². The second kappa shape index (κ2) is 5.21. The second-order valence-electron chi connectivity index (χ2n) is 5.51. The normalized spacial score (nSPS) is 23.0. The van der Waals surface area contributed by atoms with E-state index in [0.29, 0.717) is 5.92 Å². The molecule has 1 fully saturated rings. The number of para-hydroxylation sites is 1. The number of anilines is 1. The number of benzene rings is 1. The Morgan fingerprint density at radius 1 is 1.32 bits per heavy atom. The third-order valence-electron chi connectivity index (χ3n) is 4.25. The molecule has 4 heteroatoms. The minimum Gasteiger partial charge on any atom is -0.396 e. The van der Waals surface area contributed by atoms with Gasteiger partial charge in [-0.1, -0.05) is 18.2 Å². The molecule has 1 saturated heterocycles. The largest absolute Gasteiger partial charge is 0.396 e. The summed E-state index contributed by atoms with van der Waals surface area (Å²) in [5, 5.41) is 12.4. The van der Waals surface area contributed by atoms with Crippen LogP contribution in [0.2, 0.25) is 0 Å². The van der Waals surface area contributed by atoms with Gasteiger partial charge in [0.05, 0.1) is 0 Å². The molecule has 3 rings (SSSR count). The topological polar surface area (TPSA) is 52.6 Å². The van der Waals surface area contributed by atoms with Crippen molar-refractivity contribution in [1.82, 2.24) is 4.90 Å². The fraction of sp³-hybridized carbons (Fsp3) is 0.533. The number of hydrogen-bond acceptors (Lipinski definition) is 3. The van der Waals surface area contributed by atoms with E-state index >= 15 is 0 Å². The van der Waals surface area contributed by atoms with Crippen molar-refractivity contribution in [3.05, 3.63) is 29.8 Å². The Hall–Kier alpha value is -1.55. The summed E-state index contributed by atoms with van der Waals surface area (Å²) in [5.41, 5.74) is 2.32. The molecule has 2 aliphatic rings. The van der Waals surface area contributed by atoms with Crippen LogP contribution in [0.1, 0.15) is 18.4 Å². The van der Waals surface area contributed by atoms with Crippen molar-refractivity contribution in [3.8, 4) is 0 Å². The van der Waals surface area contributed by atoms with Gasteiger partial charge in [0, 0.05) is 31.8 Å². The molecule has 102 valence electrons. The first-order valence-electron chi connectivity index (χ1n) is 7.02. The summed E-state index contributed by atoms with van der Waals surface area (Å²) in [7, 11) is 0. The molecule has 0 bridgehead atoms. The minimum absolute atomic E-state index is 0.108. The Morgan fingerprint density at radius 3 is 2.74 bits per heavy atom. The molecule has 1 aromatic rings. The predicted octanol–water partition coefficient (Wildman–Crippen LogP) is 1.25. The lowest BCUT2D eigenvalue weighted by Gasteiger charge is -2.32. The van der Waals surface area contributed by atoms with Gasteiger partial charge in [-0.3, -0.25) is 4.79 Å². The molecule has 4 nitrogen and oxygen atoms in total. The number of rotatable bonds is 2. The summed E-state index contributed by atoms with van der Waals surface area (Å²) in [6.07, 6.45) is 2.62. The standard InChI is InChI=1S/C15H20N2O2/c18-10-11-5-7-17(8-6-11)15(19)14-9-12-3-1-2-4-13(12)16-14/h1-4,11,14,16,18H,5-10H2/t14-/m0/s1. The van der Waals surface area contributed by atoms with Gasteiger partial charge in [-0.15, -0.1) is 0 Å². The summed E-state index contributed by atoms with van der Waals surface area (Å²) >= 11 is 0.